The molecule has 0 saturated carbocycles. The number of unbranched alkanes of at least 4 members (excludes halogenated alkanes) is 2. The second-order valence-electron chi connectivity index (χ2n) is 4.97. The lowest BCUT2D eigenvalue weighted by molar-refractivity contribution is 0.132. The Morgan fingerprint density at radius 1 is 1.00 bits per heavy atom. The van der Waals surface area contributed by atoms with Crippen LogP contribution in [0.4, 0.5) is 0 Å². The van der Waals surface area contributed by atoms with Gasteiger partial charge in [0, 0.05) is 13.2 Å². The van der Waals surface area contributed by atoms with Crippen molar-refractivity contribution >= 4 is 0 Å². The minimum Gasteiger partial charge on any atom is -0.380 e. The number of hydrogen-bond acceptors (Lipinski definition) is 3. The summed E-state index contributed by atoms with van der Waals surface area (Å²) in [4.78, 5) is 2.57. The van der Waals surface area contributed by atoms with Crippen LogP contribution in [0.2, 0.25) is 0 Å². The van der Waals surface area contributed by atoms with E-state index < -0.39 is 0 Å². The molecule has 0 bridgehead atoms. The number of hydrogen-bond donors (Lipinski definition) is 1. The molecule has 0 radical (unpaired) electrons. The minimum atomic E-state index is 0.868. The van der Waals surface area contributed by atoms with Crippen molar-refractivity contribution in [1.29, 1.82) is 0 Å². The Bertz CT molecular complexity index is 158. The van der Waals surface area contributed by atoms with Crippen LogP contribution in [0.1, 0.15) is 45.4 Å². The summed E-state index contributed by atoms with van der Waals surface area (Å²) in [6.07, 6.45) is 7.86. The van der Waals surface area contributed by atoms with Crippen LogP contribution in [0.3, 0.4) is 0 Å². The van der Waals surface area contributed by atoms with Crippen molar-refractivity contribution in [2.45, 2.75) is 45.4 Å². The molecule has 1 fully saturated rings. The van der Waals surface area contributed by atoms with Crippen LogP contribution in [-0.2, 0) is 4.74 Å². The van der Waals surface area contributed by atoms with Gasteiger partial charge in [-0.3, -0.25) is 0 Å². The van der Waals surface area contributed by atoms with Crippen LogP contribution in [0, 0.1) is 0 Å². The molecule has 1 aliphatic rings. The fraction of sp³-hybridized carbons (Fsp3) is 1.00. The third-order valence-electron chi connectivity index (χ3n) is 3.34. The second kappa shape index (κ2) is 11.0. The Balaban J connectivity index is 1.69. The van der Waals surface area contributed by atoms with Crippen molar-refractivity contribution in [3.05, 3.63) is 0 Å². The van der Waals surface area contributed by atoms with E-state index >= 15 is 0 Å². The molecule has 1 rings (SSSR count). The zero-order valence-electron chi connectivity index (χ0n) is 11.5. The molecular weight excluding hydrogens is 212 g/mol. The predicted molar refractivity (Wildman–Crippen MR) is 73.5 cm³/mol. The van der Waals surface area contributed by atoms with E-state index in [0.717, 1.165) is 26.3 Å². The van der Waals surface area contributed by atoms with Crippen molar-refractivity contribution in [1.82, 2.24) is 10.2 Å². The summed E-state index contributed by atoms with van der Waals surface area (Å²) in [5.41, 5.74) is 0. The van der Waals surface area contributed by atoms with Crippen molar-refractivity contribution in [3.63, 3.8) is 0 Å². The molecule has 1 N–H and O–H groups in total. The van der Waals surface area contributed by atoms with E-state index in [0.29, 0.717) is 0 Å². The van der Waals surface area contributed by atoms with E-state index in [1.54, 1.807) is 0 Å². The van der Waals surface area contributed by atoms with Crippen LogP contribution < -0.4 is 5.32 Å². The van der Waals surface area contributed by atoms with Gasteiger partial charge in [-0.2, -0.15) is 0 Å². The number of nitrogens with one attached hydrogen (secondary N) is 1. The molecule has 0 aromatic heterocycles. The van der Waals surface area contributed by atoms with Crippen LogP contribution in [0.25, 0.3) is 0 Å². The van der Waals surface area contributed by atoms with Crippen LogP contribution in [0.5, 0.6) is 0 Å². The number of ether oxygens (including phenoxy) is 1. The molecule has 1 saturated heterocycles. The van der Waals surface area contributed by atoms with Gasteiger partial charge < -0.3 is 15.0 Å². The molecule has 0 unspecified atom stereocenters. The fourth-order valence-electron chi connectivity index (χ4n) is 2.26. The highest BCUT2D eigenvalue weighted by molar-refractivity contribution is 4.66. The summed E-state index contributed by atoms with van der Waals surface area (Å²) in [5, 5.41) is 3.45. The summed E-state index contributed by atoms with van der Waals surface area (Å²) in [6.45, 7) is 10.1. The zero-order valence-corrected chi connectivity index (χ0v) is 11.5. The molecule has 1 aliphatic heterocycles. The van der Waals surface area contributed by atoms with E-state index in [1.807, 2.05) is 0 Å². The molecule has 0 amide bonds. The highest BCUT2D eigenvalue weighted by Crippen LogP contribution is 2.06. The van der Waals surface area contributed by atoms with Gasteiger partial charge in [-0.1, -0.05) is 19.8 Å². The maximum atomic E-state index is 5.54. The Morgan fingerprint density at radius 3 is 2.59 bits per heavy atom. The number of rotatable bonds is 11. The maximum absolute atomic E-state index is 5.54. The monoisotopic (exact) mass is 242 g/mol. The largest absolute Gasteiger partial charge is 0.380 e. The van der Waals surface area contributed by atoms with Crippen LogP contribution in [-0.4, -0.2) is 50.8 Å². The van der Waals surface area contributed by atoms with Gasteiger partial charge in [-0.05, 0) is 51.9 Å². The van der Waals surface area contributed by atoms with E-state index in [2.05, 4.69) is 17.1 Å². The lowest BCUT2D eigenvalue weighted by atomic mass is 10.3. The maximum Gasteiger partial charge on any atom is 0.0590 e. The first-order valence-electron chi connectivity index (χ1n) is 7.44. The van der Waals surface area contributed by atoms with Crippen molar-refractivity contribution < 1.29 is 4.74 Å². The van der Waals surface area contributed by atoms with Crippen molar-refractivity contribution in [2.24, 2.45) is 0 Å². The highest BCUT2D eigenvalue weighted by Gasteiger charge is 2.09. The zero-order chi connectivity index (χ0) is 12.2. The minimum absolute atomic E-state index is 0.868. The number of likely N-dealkylation sites (tertiary alicyclic amines) is 1. The van der Waals surface area contributed by atoms with Crippen LogP contribution in [0.15, 0.2) is 0 Å². The lowest BCUT2D eigenvalue weighted by Crippen LogP contribution is -2.26. The SMILES string of the molecule is CCCCCOCCNCCCN1CCCC1. The third kappa shape index (κ3) is 8.58. The van der Waals surface area contributed by atoms with Gasteiger partial charge in [0.2, 0.25) is 0 Å². The van der Waals surface area contributed by atoms with Crippen molar-refractivity contribution in [2.75, 3.05) is 45.9 Å². The Hall–Kier alpha value is -0.120. The predicted octanol–water partition coefficient (Wildman–Crippen LogP) is 2.27. The summed E-state index contributed by atoms with van der Waals surface area (Å²) in [7, 11) is 0. The smallest absolute Gasteiger partial charge is 0.0590 e. The van der Waals surface area contributed by atoms with Crippen molar-refractivity contribution in [3.8, 4) is 0 Å². The van der Waals surface area contributed by atoms with Gasteiger partial charge >= 0.3 is 0 Å². The van der Waals surface area contributed by atoms with Gasteiger partial charge in [-0.15, -0.1) is 0 Å². The molecule has 17 heavy (non-hydrogen) atoms. The Labute approximate surface area is 107 Å². The molecule has 0 spiro atoms. The molecule has 102 valence electrons. The molecular formula is C14H30N2O. The van der Waals surface area contributed by atoms with Gasteiger partial charge in [0.1, 0.15) is 0 Å². The normalized spacial score (nSPS) is 16.8. The Morgan fingerprint density at radius 2 is 1.82 bits per heavy atom. The van der Waals surface area contributed by atoms with E-state index in [1.165, 1.54) is 58.2 Å². The van der Waals surface area contributed by atoms with Gasteiger partial charge in [0.05, 0.1) is 6.61 Å². The fourth-order valence-corrected chi connectivity index (χ4v) is 2.26. The standard InChI is InChI=1S/C14H30N2O/c1-2-3-6-13-17-14-9-15-8-7-12-16-10-4-5-11-16/h15H,2-14H2,1H3. The molecule has 3 heteroatoms. The first-order valence-corrected chi connectivity index (χ1v) is 7.44. The van der Waals surface area contributed by atoms with Gasteiger partial charge in [-0.25, -0.2) is 0 Å². The highest BCUT2D eigenvalue weighted by atomic mass is 16.5. The molecule has 3 nitrogen and oxygen atoms in total. The first-order chi connectivity index (χ1) is 8.43. The molecule has 0 atom stereocenters. The molecule has 0 aromatic rings. The molecule has 0 aromatic carbocycles. The van der Waals surface area contributed by atoms with E-state index in [4.69, 9.17) is 4.74 Å². The van der Waals surface area contributed by atoms with Gasteiger partial charge in [0.25, 0.3) is 0 Å². The summed E-state index contributed by atoms with van der Waals surface area (Å²) >= 11 is 0. The first kappa shape index (κ1) is 14.9. The van der Waals surface area contributed by atoms with E-state index in [-0.39, 0.29) is 0 Å². The molecule has 1 heterocycles. The average Bonchev–Trinajstić information content (AvgIpc) is 2.85. The van der Waals surface area contributed by atoms with E-state index in [9.17, 15) is 0 Å². The molecule has 0 aliphatic carbocycles. The third-order valence-corrected chi connectivity index (χ3v) is 3.34. The van der Waals surface area contributed by atoms with Gasteiger partial charge in [0.15, 0.2) is 0 Å². The quantitative estimate of drug-likeness (QED) is 0.563. The topological polar surface area (TPSA) is 24.5 Å². The number of nitrogens with zero attached hydrogens (tertiary/aromatic N) is 1. The summed E-state index contributed by atoms with van der Waals surface area (Å²) in [5.74, 6) is 0. The average molecular weight is 242 g/mol. The lowest BCUT2D eigenvalue weighted by Gasteiger charge is -2.14. The summed E-state index contributed by atoms with van der Waals surface area (Å²) < 4.78 is 5.54. The Kier molecular flexibility index (Phi) is 9.66. The van der Waals surface area contributed by atoms with Crippen LogP contribution >= 0.6 is 0 Å². The summed E-state index contributed by atoms with van der Waals surface area (Å²) in [6, 6.07) is 0. The second-order valence-corrected chi connectivity index (χ2v) is 4.97.